The van der Waals surface area contributed by atoms with E-state index in [9.17, 15) is 4.79 Å². The van der Waals surface area contributed by atoms with Crippen LogP contribution in [0.1, 0.15) is 39.5 Å². The first-order valence-electron chi connectivity index (χ1n) is 5.42. The molecule has 3 nitrogen and oxygen atoms in total. The molecule has 0 amide bonds. The van der Waals surface area contributed by atoms with Crippen molar-refractivity contribution in [3.63, 3.8) is 0 Å². The van der Waals surface area contributed by atoms with Crippen LogP contribution in [0.3, 0.4) is 0 Å². The van der Waals surface area contributed by atoms with Gasteiger partial charge in [-0.05, 0) is 45.3 Å². The van der Waals surface area contributed by atoms with Crippen LogP contribution in [-0.4, -0.2) is 36.1 Å². The number of carboxylic acid groups (broad SMARTS) is 1. The zero-order chi connectivity index (χ0) is 11.0. The summed E-state index contributed by atoms with van der Waals surface area (Å²) >= 11 is 0. The van der Waals surface area contributed by atoms with Gasteiger partial charge < -0.3 is 10.0 Å². The Hall–Kier alpha value is -0.570. The maximum Gasteiger partial charge on any atom is 0.303 e. The standard InChI is InChI=1S/C11H23NO2/c1-10(2)7-9-12(3)8-5-4-6-11(13)14/h10H,4-9H2,1-3H3,(H,13,14). The minimum Gasteiger partial charge on any atom is -0.481 e. The Morgan fingerprint density at radius 1 is 1.29 bits per heavy atom. The van der Waals surface area contributed by atoms with Crippen LogP contribution in [0.15, 0.2) is 0 Å². The lowest BCUT2D eigenvalue weighted by Crippen LogP contribution is -2.22. The topological polar surface area (TPSA) is 40.5 Å². The molecule has 3 heteroatoms. The van der Waals surface area contributed by atoms with Crippen LogP contribution in [-0.2, 0) is 4.79 Å². The van der Waals surface area contributed by atoms with E-state index in [1.165, 1.54) is 6.42 Å². The monoisotopic (exact) mass is 201 g/mol. The molecule has 0 bridgehead atoms. The summed E-state index contributed by atoms with van der Waals surface area (Å²) in [6.45, 7) is 6.57. The largest absolute Gasteiger partial charge is 0.481 e. The number of hydrogen-bond acceptors (Lipinski definition) is 2. The van der Waals surface area contributed by atoms with Crippen LogP contribution in [0.5, 0.6) is 0 Å². The highest BCUT2D eigenvalue weighted by molar-refractivity contribution is 5.66. The van der Waals surface area contributed by atoms with E-state index in [4.69, 9.17) is 5.11 Å². The summed E-state index contributed by atoms with van der Waals surface area (Å²) in [5.41, 5.74) is 0. The maximum atomic E-state index is 10.2. The lowest BCUT2D eigenvalue weighted by Gasteiger charge is -2.17. The van der Waals surface area contributed by atoms with Gasteiger partial charge in [-0.15, -0.1) is 0 Å². The molecule has 0 atom stereocenters. The van der Waals surface area contributed by atoms with Crippen LogP contribution in [0.25, 0.3) is 0 Å². The minimum absolute atomic E-state index is 0.304. The summed E-state index contributed by atoms with van der Waals surface area (Å²) in [6, 6.07) is 0. The Morgan fingerprint density at radius 3 is 2.43 bits per heavy atom. The molecule has 0 unspecified atom stereocenters. The molecular formula is C11H23NO2. The predicted molar refractivity (Wildman–Crippen MR) is 58.4 cm³/mol. The van der Waals surface area contributed by atoms with Crippen molar-refractivity contribution in [1.82, 2.24) is 4.90 Å². The van der Waals surface area contributed by atoms with Crippen molar-refractivity contribution in [3.8, 4) is 0 Å². The van der Waals surface area contributed by atoms with Gasteiger partial charge in [0.15, 0.2) is 0 Å². The van der Waals surface area contributed by atoms with Crippen LogP contribution >= 0.6 is 0 Å². The Morgan fingerprint density at radius 2 is 1.93 bits per heavy atom. The summed E-state index contributed by atoms with van der Waals surface area (Å²) in [5, 5.41) is 8.44. The van der Waals surface area contributed by atoms with Gasteiger partial charge in [-0.3, -0.25) is 4.79 Å². The minimum atomic E-state index is -0.685. The van der Waals surface area contributed by atoms with Crippen molar-refractivity contribution in [2.24, 2.45) is 5.92 Å². The molecule has 0 saturated heterocycles. The number of carboxylic acids is 1. The summed E-state index contributed by atoms with van der Waals surface area (Å²) in [5.74, 6) is 0.0614. The fourth-order valence-corrected chi connectivity index (χ4v) is 1.25. The molecule has 0 aliphatic carbocycles. The first-order valence-corrected chi connectivity index (χ1v) is 5.42. The average Bonchev–Trinajstić information content (AvgIpc) is 2.08. The highest BCUT2D eigenvalue weighted by Gasteiger charge is 2.01. The zero-order valence-electron chi connectivity index (χ0n) is 9.62. The van der Waals surface area contributed by atoms with Gasteiger partial charge in [0, 0.05) is 6.42 Å². The summed E-state index contributed by atoms with van der Waals surface area (Å²) < 4.78 is 0. The number of nitrogens with zero attached hydrogens (tertiary/aromatic N) is 1. The molecule has 0 spiro atoms. The number of carbonyl (C=O) groups is 1. The second-order valence-corrected chi connectivity index (χ2v) is 4.34. The average molecular weight is 201 g/mol. The molecular weight excluding hydrogens is 178 g/mol. The van der Waals surface area contributed by atoms with Gasteiger partial charge in [-0.1, -0.05) is 13.8 Å². The van der Waals surface area contributed by atoms with E-state index in [0.717, 1.165) is 31.8 Å². The molecule has 0 radical (unpaired) electrons. The molecule has 14 heavy (non-hydrogen) atoms. The Balaban J connectivity index is 3.26. The first kappa shape index (κ1) is 13.4. The van der Waals surface area contributed by atoms with E-state index >= 15 is 0 Å². The molecule has 0 saturated carbocycles. The van der Waals surface area contributed by atoms with Gasteiger partial charge in [-0.2, -0.15) is 0 Å². The summed E-state index contributed by atoms with van der Waals surface area (Å²) in [6.07, 6.45) is 3.30. The van der Waals surface area contributed by atoms with Gasteiger partial charge in [0.05, 0.1) is 0 Å². The first-order chi connectivity index (χ1) is 6.52. The van der Waals surface area contributed by atoms with E-state index in [1.54, 1.807) is 0 Å². The number of rotatable bonds is 8. The zero-order valence-corrected chi connectivity index (χ0v) is 9.62. The fraction of sp³-hybridized carbons (Fsp3) is 0.909. The van der Waals surface area contributed by atoms with Crippen molar-refractivity contribution in [1.29, 1.82) is 0 Å². The normalized spacial score (nSPS) is 11.2. The number of unbranched alkanes of at least 4 members (excludes halogenated alkanes) is 1. The van der Waals surface area contributed by atoms with E-state index in [2.05, 4.69) is 25.8 Å². The third kappa shape index (κ3) is 9.52. The molecule has 0 aliphatic heterocycles. The van der Waals surface area contributed by atoms with Crippen LogP contribution in [0, 0.1) is 5.92 Å². The third-order valence-corrected chi connectivity index (χ3v) is 2.27. The van der Waals surface area contributed by atoms with Gasteiger partial charge in [0.25, 0.3) is 0 Å². The lowest BCUT2D eigenvalue weighted by atomic mass is 10.1. The highest BCUT2D eigenvalue weighted by atomic mass is 16.4. The van der Waals surface area contributed by atoms with Crippen molar-refractivity contribution in [2.45, 2.75) is 39.5 Å². The summed E-state index contributed by atoms with van der Waals surface area (Å²) in [4.78, 5) is 12.5. The van der Waals surface area contributed by atoms with Crippen LogP contribution in [0.2, 0.25) is 0 Å². The van der Waals surface area contributed by atoms with Gasteiger partial charge in [-0.25, -0.2) is 0 Å². The Bertz CT molecular complexity index is 157. The van der Waals surface area contributed by atoms with Gasteiger partial charge in [0.2, 0.25) is 0 Å². The molecule has 0 aromatic rings. The second-order valence-electron chi connectivity index (χ2n) is 4.34. The van der Waals surface area contributed by atoms with Crippen molar-refractivity contribution >= 4 is 5.97 Å². The van der Waals surface area contributed by atoms with E-state index in [1.807, 2.05) is 0 Å². The highest BCUT2D eigenvalue weighted by Crippen LogP contribution is 2.02. The molecule has 0 aromatic heterocycles. The van der Waals surface area contributed by atoms with E-state index < -0.39 is 5.97 Å². The van der Waals surface area contributed by atoms with Gasteiger partial charge in [0.1, 0.15) is 0 Å². The quantitative estimate of drug-likeness (QED) is 0.612. The third-order valence-electron chi connectivity index (χ3n) is 2.27. The van der Waals surface area contributed by atoms with Crippen molar-refractivity contribution in [3.05, 3.63) is 0 Å². The number of aliphatic carboxylic acids is 1. The lowest BCUT2D eigenvalue weighted by molar-refractivity contribution is -0.137. The maximum absolute atomic E-state index is 10.2. The van der Waals surface area contributed by atoms with Gasteiger partial charge >= 0.3 is 5.97 Å². The summed E-state index contributed by atoms with van der Waals surface area (Å²) in [7, 11) is 2.10. The molecule has 0 aromatic carbocycles. The predicted octanol–water partition coefficient (Wildman–Crippen LogP) is 2.22. The fourth-order valence-electron chi connectivity index (χ4n) is 1.25. The Labute approximate surface area is 87.1 Å². The van der Waals surface area contributed by atoms with Crippen LogP contribution in [0.4, 0.5) is 0 Å². The smallest absolute Gasteiger partial charge is 0.303 e. The SMILES string of the molecule is CC(C)CCN(C)CCCCC(=O)O. The molecule has 0 aliphatic rings. The molecule has 0 heterocycles. The van der Waals surface area contributed by atoms with E-state index in [-0.39, 0.29) is 0 Å². The molecule has 84 valence electrons. The van der Waals surface area contributed by atoms with Crippen molar-refractivity contribution in [2.75, 3.05) is 20.1 Å². The second kappa shape index (κ2) is 7.80. The van der Waals surface area contributed by atoms with Crippen molar-refractivity contribution < 1.29 is 9.90 Å². The molecule has 0 rings (SSSR count). The molecule has 1 N–H and O–H groups in total. The number of hydrogen-bond donors (Lipinski definition) is 1. The Kier molecular flexibility index (Phi) is 7.48. The molecule has 0 fully saturated rings. The van der Waals surface area contributed by atoms with Crippen LogP contribution < -0.4 is 0 Å². The van der Waals surface area contributed by atoms with E-state index in [0.29, 0.717) is 6.42 Å².